The molecule has 1 aliphatic carbocycles. The molecule has 0 spiro atoms. The molecular weight excluding hydrogens is 288 g/mol. The molecule has 0 radical (unpaired) electrons. The number of hydrogen-bond donors (Lipinski definition) is 2. The van der Waals surface area contributed by atoms with Crippen molar-refractivity contribution in [1.82, 2.24) is 10.6 Å². The van der Waals surface area contributed by atoms with Crippen molar-refractivity contribution in [2.45, 2.75) is 6.18 Å². The number of nitrogens with one attached hydrogen (secondary N) is 2. The zero-order chi connectivity index (χ0) is 15.2. The molecule has 2 fully saturated rings. The van der Waals surface area contributed by atoms with E-state index in [-0.39, 0.29) is 5.56 Å². The normalized spacial score (nSPS) is 27.3. The maximum atomic E-state index is 13.2. The molecule has 21 heavy (non-hydrogen) atoms. The van der Waals surface area contributed by atoms with E-state index < -0.39 is 23.5 Å². The quantitative estimate of drug-likeness (QED) is 0.839. The smallest absolute Gasteiger partial charge is 0.352 e. The van der Waals surface area contributed by atoms with Crippen LogP contribution >= 0.6 is 0 Å². The van der Waals surface area contributed by atoms with Crippen molar-refractivity contribution >= 4 is 5.91 Å². The summed E-state index contributed by atoms with van der Waals surface area (Å²) in [5.74, 6) is -0.452. The number of alkyl halides is 3. The van der Waals surface area contributed by atoms with Crippen LogP contribution in [0.25, 0.3) is 0 Å². The van der Waals surface area contributed by atoms with Gasteiger partial charge in [-0.2, -0.15) is 13.2 Å². The summed E-state index contributed by atoms with van der Waals surface area (Å²) < 4.78 is 50.9. The van der Waals surface area contributed by atoms with Crippen molar-refractivity contribution in [1.29, 1.82) is 0 Å². The standard InChI is InChI=1S/C14H14F4N2O/c15-12-2-1-7(3-11(12)14(16,17)18)13(21)20-6-10-8-4-19-5-9(8)10/h1-3,8-10,19H,4-6H2,(H,20,21). The van der Waals surface area contributed by atoms with Crippen LogP contribution in [0.15, 0.2) is 18.2 Å². The Balaban J connectivity index is 1.64. The Kier molecular flexibility index (Phi) is 3.39. The summed E-state index contributed by atoms with van der Waals surface area (Å²) in [6, 6.07) is 2.29. The van der Waals surface area contributed by atoms with Crippen LogP contribution in [0.1, 0.15) is 15.9 Å². The zero-order valence-corrected chi connectivity index (χ0v) is 11.0. The highest BCUT2D eigenvalue weighted by atomic mass is 19.4. The minimum absolute atomic E-state index is 0.173. The number of piperidine rings is 1. The second kappa shape index (κ2) is 4.98. The first kappa shape index (κ1) is 14.3. The van der Waals surface area contributed by atoms with E-state index >= 15 is 0 Å². The van der Waals surface area contributed by atoms with Gasteiger partial charge in [-0.25, -0.2) is 4.39 Å². The van der Waals surface area contributed by atoms with Gasteiger partial charge in [-0.3, -0.25) is 4.79 Å². The molecule has 1 heterocycles. The second-order valence-electron chi connectivity index (χ2n) is 5.55. The van der Waals surface area contributed by atoms with Gasteiger partial charge in [0.25, 0.3) is 5.91 Å². The Morgan fingerprint density at radius 3 is 2.57 bits per heavy atom. The fourth-order valence-corrected chi connectivity index (χ4v) is 3.05. The molecule has 0 bridgehead atoms. The van der Waals surface area contributed by atoms with E-state index in [0.717, 1.165) is 19.2 Å². The molecule has 7 heteroatoms. The topological polar surface area (TPSA) is 41.1 Å². The van der Waals surface area contributed by atoms with Gasteiger partial charge in [0.15, 0.2) is 0 Å². The lowest BCUT2D eigenvalue weighted by atomic mass is 10.1. The van der Waals surface area contributed by atoms with Crippen molar-refractivity contribution in [3.05, 3.63) is 35.1 Å². The lowest BCUT2D eigenvalue weighted by molar-refractivity contribution is -0.140. The minimum Gasteiger partial charge on any atom is -0.352 e. The van der Waals surface area contributed by atoms with E-state index in [0.29, 0.717) is 36.4 Å². The van der Waals surface area contributed by atoms with Crippen LogP contribution in [0.4, 0.5) is 17.6 Å². The molecule has 1 amide bonds. The van der Waals surface area contributed by atoms with Gasteiger partial charge < -0.3 is 10.6 Å². The van der Waals surface area contributed by atoms with E-state index in [1.165, 1.54) is 0 Å². The minimum atomic E-state index is -4.81. The first-order chi connectivity index (χ1) is 9.88. The van der Waals surface area contributed by atoms with Crippen LogP contribution in [0.3, 0.4) is 0 Å². The van der Waals surface area contributed by atoms with Crippen LogP contribution in [0.2, 0.25) is 0 Å². The molecule has 1 aliphatic heterocycles. The molecule has 2 N–H and O–H groups in total. The lowest BCUT2D eigenvalue weighted by Gasteiger charge is -2.11. The van der Waals surface area contributed by atoms with Crippen LogP contribution in [-0.4, -0.2) is 25.5 Å². The van der Waals surface area contributed by atoms with E-state index in [2.05, 4.69) is 10.6 Å². The average molecular weight is 302 g/mol. The van der Waals surface area contributed by atoms with Gasteiger partial charge in [-0.1, -0.05) is 0 Å². The van der Waals surface area contributed by atoms with Crippen LogP contribution in [0.5, 0.6) is 0 Å². The van der Waals surface area contributed by atoms with Crippen LogP contribution in [0, 0.1) is 23.6 Å². The van der Waals surface area contributed by atoms with Gasteiger partial charge in [-0.05, 0) is 49.0 Å². The molecule has 2 atom stereocenters. The summed E-state index contributed by atoms with van der Waals surface area (Å²) >= 11 is 0. The molecule has 2 unspecified atom stereocenters. The fourth-order valence-electron chi connectivity index (χ4n) is 3.05. The molecule has 0 aromatic heterocycles. The zero-order valence-electron chi connectivity index (χ0n) is 11.0. The highest BCUT2D eigenvalue weighted by Gasteiger charge is 2.52. The van der Waals surface area contributed by atoms with Crippen LogP contribution < -0.4 is 10.6 Å². The average Bonchev–Trinajstić information content (AvgIpc) is 2.84. The van der Waals surface area contributed by atoms with E-state index in [4.69, 9.17) is 0 Å². The van der Waals surface area contributed by atoms with E-state index in [9.17, 15) is 22.4 Å². The number of amides is 1. The Morgan fingerprint density at radius 2 is 1.95 bits per heavy atom. The highest BCUT2D eigenvalue weighted by Crippen LogP contribution is 2.48. The van der Waals surface area contributed by atoms with Crippen molar-refractivity contribution in [2.75, 3.05) is 19.6 Å². The number of benzene rings is 1. The van der Waals surface area contributed by atoms with Crippen molar-refractivity contribution in [2.24, 2.45) is 17.8 Å². The number of fused-ring (bicyclic) bond motifs is 1. The van der Waals surface area contributed by atoms with Gasteiger partial charge in [0, 0.05) is 12.1 Å². The molecule has 3 rings (SSSR count). The predicted octanol–water partition coefficient (Wildman–Crippen LogP) is 2.04. The number of rotatable bonds is 3. The van der Waals surface area contributed by atoms with Crippen molar-refractivity contribution in [3.8, 4) is 0 Å². The third kappa shape index (κ3) is 2.74. The third-order valence-electron chi connectivity index (χ3n) is 4.30. The summed E-state index contributed by atoms with van der Waals surface area (Å²) in [5, 5.41) is 5.85. The van der Waals surface area contributed by atoms with E-state index in [1.54, 1.807) is 0 Å². The molecular formula is C14H14F4N2O. The Labute approximate surface area is 118 Å². The molecule has 1 saturated carbocycles. The fraction of sp³-hybridized carbons (Fsp3) is 0.500. The van der Waals surface area contributed by atoms with Gasteiger partial charge >= 0.3 is 6.18 Å². The summed E-state index contributed by atoms with van der Waals surface area (Å²) in [6.07, 6.45) is -4.81. The first-order valence-corrected chi connectivity index (χ1v) is 6.73. The maximum Gasteiger partial charge on any atom is 0.419 e. The number of carbonyl (C=O) groups excluding carboxylic acids is 1. The summed E-state index contributed by atoms with van der Waals surface area (Å²) in [7, 11) is 0. The van der Waals surface area contributed by atoms with Crippen molar-refractivity contribution in [3.63, 3.8) is 0 Å². The van der Waals surface area contributed by atoms with Gasteiger partial charge in [-0.15, -0.1) is 0 Å². The highest BCUT2D eigenvalue weighted by molar-refractivity contribution is 5.94. The summed E-state index contributed by atoms with van der Waals surface area (Å²) in [6.45, 7) is 2.31. The summed E-state index contributed by atoms with van der Waals surface area (Å²) in [5.41, 5.74) is -1.59. The molecule has 1 aromatic rings. The Bertz CT molecular complexity index is 563. The molecule has 3 nitrogen and oxygen atoms in total. The third-order valence-corrected chi connectivity index (χ3v) is 4.30. The summed E-state index contributed by atoms with van der Waals surface area (Å²) in [4.78, 5) is 11.9. The van der Waals surface area contributed by atoms with Crippen molar-refractivity contribution < 1.29 is 22.4 Å². The molecule has 1 saturated heterocycles. The van der Waals surface area contributed by atoms with Gasteiger partial charge in [0.1, 0.15) is 5.82 Å². The maximum absolute atomic E-state index is 13.2. The predicted molar refractivity (Wildman–Crippen MR) is 67.1 cm³/mol. The second-order valence-corrected chi connectivity index (χ2v) is 5.55. The number of halogens is 4. The first-order valence-electron chi connectivity index (χ1n) is 6.73. The van der Waals surface area contributed by atoms with E-state index in [1.807, 2.05) is 0 Å². The lowest BCUT2D eigenvalue weighted by Crippen LogP contribution is -2.29. The monoisotopic (exact) mass is 302 g/mol. The Morgan fingerprint density at radius 1 is 1.29 bits per heavy atom. The molecule has 2 aliphatic rings. The SMILES string of the molecule is O=C(NCC1C2CNCC21)c1ccc(F)c(C(F)(F)F)c1. The molecule has 1 aromatic carbocycles. The Hall–Kier alpha value is -1.63. The van der Waals surface area contributed by atoms with Crippen LogP contribution in [-0.2, 0) is 6.18 Å². The van der Waals surface area contributed by atoms with Gasteiger partial charge in [0.05, 0.1) is 5.56 Å². The number of hydrogen-bond acceptors (Lipinski definition) is 2. The molecule has 114 valence electrons. The number of carbonyl (C=O) groups is 1. The van der Waals surface area contributed by atoms with Gasteiger partial charge in [0.2, 0.25) is 0 Å². The largest absolute Gasteiger partial charge is 0.419 e.